The number of benzene rings is 1. The molecule has 17 heavy (non-hydrogen) atoms. The van der Waals surface area contributed by atoms with Crippen molar-refractivity contribution in [2.24, 2.45) is 23.5 Å². The quantitative estimate of drug-likeness (QED) is 0.916. The molecule has 0 bridgehead atoms. The lowest BCUT2D eigenvalue weighted by Gasteiger charge is -2.18. The molecule has 2 N–H and O–H groups in total. The van der Waals surface area contributed by atoms with Crippen LogP contribution < -0.4 is 5.73 Å². The van der Waals surface area contributed by atoms with Gasteiger partial charge in [0.25, 0.3) is 0 Å². The van der Waals surface area contributed by atoms with Crippen molar-refractivity contribution >= 4 is 24.8 Å². The SMILES string of the molecule is Cl.Cl.NCC1C2CN(Cc3ccccc3)CC12. The van der Waals surface area contributed by atoms with Crippen molar-refractivity contribution in [3.8, 4) is 0 Å². The van der Waals surface area contributed by atoms with Crippen LogP contribution in [-0.4, -0.2) is 24.5 Å². The molecule has 2 nitrogen and oxygen atoms in total. The van der Waals surface area contributed by atoms with E-state index in [4.69, 9.17) is 5.73 Å². The van der Waals surface area contributed by atoms with Crippen LogP contribution in [0.3, 0.4) is 0 Å². The highest BCUT2D eigenvalue weighted by atomic mass is 35.5. The summed E-state index contributed by atoms with van der Waals surface area (Å²) < 4.78 is 0. The molecule has 0 radical (unpaired) electrons. The van der Waals surface area contributed by atoms with Crippen LogP contribution in [-0.2, 0) is 6.54 Å². The number of halogens is 2. The molecule has 1 saturated carbocycles. The number of nitrogens with zero attached hydrogens (tertiary/aromatic N) is 1. The van der Waals surface area contributed by atoms with Crippen LogP contribution >= 0.6 is 24.8 Å². The molecule has 3 rings (SSSR count). The maximum Gasteiger partial charge on any atom is 0.0233 e. The van der Waals surface area contributed by atoms with Crippen LogP contribution in [0.5, 0.6) is 0 Å². The van der Waals surface area contributed by atoms with Gasteiger partial charge in [0.2, 0.25) is 0 Å². The second-order valence-electron chi connectivity index (χ2n) is 4.91. The van der Waals surface area contributed by atoms with E-state index in [9.17, 15) is 0 Å². The van der Waals surface area contributed by atoms with Crippen LogP contribution in [0.4, 0.5) is 0 Å². The summed E-state index contributed by atoms with van der Waals surface area (Å²) in [7, 11) is 0. The number of nitrogens with two attached hydrogens (primary N) is 1. The minimum Gasteiger partial charge on any atom is -0.330 e. The van der Waals surface area contributed by atoms with Gasteiger partial charge in [0.15, 0.2) is 0 Å². The van der Waals surface area contributed by atoms with Crippen molar-refractivity contribution in [1.82, 2.24) is 4.90 Å². The van der Waals surface area contributed by atoms with Gasteiger partial charge in [-0.3, -0.25) is 4.90 Å². The Morgan fingerprint density at radius 3 is 2.18 bits per heavy atom. The molecule has 0 amide bonds. The smallest absolute Gasteiger partial charge is 0.0233 e. The van der Waals surface area contributed by atoms with E-state index >= 15 is 0 Å². The summed E-state index contributed by atoms with van der Waals surface area (Å²) in [6, 6.07) is 10.7. The molecule has 96 valence electrons. The number of hydrogen-bond donors (Lipinski definition) is 1. The van der Waals surface area contributed by atoms with E-state index in [0.717, 1.165) is 30.8 Å². The normalized spacial score (nSPS) is 30.1. The summed E-state index contributed by atoms with van der Waals surface area (Å²) in [5, 5.41) is 0. The topological polar surface area (TPSA) is 29.3 Å². The van der Waals surface area contributed by atoms with Crippen LogP contribution in [0.1, 0.15) is 5.56 Å². The molecule has 1 heterocycles. The Morgan fingerprint density at radius 2 is 1.65 bits per heavy atom. The van der Waals surface area contributed by atoms with E-state index in [2.05, 4.69) is 35.2 Å². The molecular formula is C13H20Cl2N2. The zero-order chi connectivity index (χ0) is 10.3. The third-order valence-electron chi connectivity index (χ3n) is 3.97. The first kappa shape index (κ1) is 14.8. The second-order valence-corrected chi connectivity index (χ2v) is 4.91. The second kappa shape index (κ2) is 6.05. The van der Waals surface area contributed by atoms with Gasteiger partial charge >= 0.3 is 0 Å². The van der Waals surface area contributed by atoms with Crippen molar-refractivity contribution in [3.63, 3.8) is 0 Å². The maximum atomic E-state index is 5.70. The summed E-state index contributed by atoms with van der Waals surface area (Å²) in [4.78, 5) is 2.57. The molecule has 1 saturated heterocycles. The van der Waals surface area contributed by atoms with Crippen molar-refractivity contribution < 1.29 is 0 Å². The van der Waals surface area contributed by atoms with Gasteiger partial charge in [-0.25, -0.2) is 0 Å². The van der Waals surface area contributed by atoms with E-state index in [1.54, 1.807) is 0 Å². The molecule has 4 heteroatoms. The molecule has 1 aromatic rings. The maximum absolute atomic E-state index is 5.70. The number of likely N-dealkylation sites (tertiary alicyclic amines) is 1. The number of hydrogen-bond acceptors (Lipinski definition) is 2. The van der Waals surface area contributed by atoms with Gasteiger partial charge in [0, 0.05) is 19.6 Å². The Labute approximate surface area is 115 Å². The third kappa shape index (κ3) is 2.94. The molecule has 1 aromatic carbocycles. The van der Waals surface area contributed by atoms with E-state index in [0.29, 0.717) is 0 Å². The predicted molar refractivity (Wildman–Crippen MR) is 75.7 cm³/mol. The van der Waals surface area contributed by atoms with Crippen molar-refractivity contribution in [1.29, 1.82) is 0 Å². The Hall–Kier alpha value is -0.280. The highest BCUT2D eigenvalue weighted by Crippen LogP contribution is 2.51. The van der Waals surface area contributed by atoms with E-state index in [1.165, 1.54) is 18.7 Å². The van der Waals surface area contributed by atoms with Gasteiger partial charge < -0.3 is 5.73 Å². The molecule has 2 unspecified atom stereocenters. The zero-order valence-corrected chi connectivity index (χ0v) is 11.4. The molecule has 1 aliphatic carbocycles. The lowest BCUT2D eigenvalue weighted by atomic mass is 10.2. The van der Waals surface area contributed by atoms with Gasteiger partial charge in [-0.15, -0.1) is 24.8 Å². The zero-order valence-electron chi connectivity index (χ0n) is 9.79. The Bertz CT molecular complexity index is 333. The minimum atomic E-state index is 0. The summed E-state index contributed by atoms with van der Waals surface area (Å²) in [5.74, 6) is 2.68. The Balaban J connectivity index is 0.000000722. The Morgan fingerprint density at radius 1 is 1.06 bits per heavy atom. The number of fused-ring (bicyclic) bond motifs is 1. The summed E-state index contributed by atoms with van der Waals surface area (Å²) in [6.45, 7) is 4.54. The molecule has 1 aliphatic heterocycles. The summed E-state index contributed by atoms with van der Waals surface area (Å²) in [6.07, 6.45) is 0. The molecule has 2 atom stereocenters. The van der Waals surface area contributed by atoms with Gasteiger partial charge in [-0.1, -0.05) is 30.3 Å². The highest BCUT2D eigenvalue weighted by Gasteiger charge is 2.54. The van der Waals surface area contributed by atoms with E-state index in [-0.39, 0.29) is 24.8 Å². The average molecular weight is 275 g/mol. The van der Waals surface area contributed by atoms with Crippen molar-refractivity contribution in [2.45, 2.75) is 6.54 Å². The number of piperidine rings is 1. The first-order valence-electron chi connectivity index (χ1n) is 5.85. The lowest BCUT2D eigenvalue weighted by molar-refractivity contribution is 0.279. The fourth-order valence-electron chi connectivity index (χ4n) is 3.06. The first-order valence-corrected chi connectivity index (χ1v) is 5.85. The average Bonchev–Trinajstić information content (AvgIpc) is 2.75. The minimum absolute atomic E-state index is 0. The van der Waals surface area contributed by atoms with E-state index < -0.39 is 0 Å². The summed E-state index contributed by atoms with van der Waals surface area (Å²) >= 11 is 0. The van der Waals surface area contributed by atoms with Crippen LogP contribution in [0.15, 0.2) is 30.3 Å². The monoisotopic (exact) mass is 274 g/mol. The third-order valence-corrected chi connectivity index (χ3v) is 3.97. The number of rotatable bonds is 3. The molecule has 0 aromatic heterocycles. The standard InChI is InChI=1S/C13H18N2.2ClH/c14-6-11-12-8-15(9-13(11)12)7-10-4-2-1-3-5-10;;/h1-5,11-13H,6-9,14H2;2*1H. The summed E-state index contributed by atoms with van der Waals surface area (Å²) in [5.41, 5.74) is 7.14. The van der Waals surface area contributed by atoms with Gasteiger partial charge in [0.05, 0.1) is 0 Å². The fraction of sp³-hybridized carbons (Fsp3) is 0.538. The van der Waals surface area contributed by atoms with Gasteiger partial charge in [-0.05, 0) is 29.9 Å². The van der Waals surface area contributed by atoms with Gasteiger partial charge in [-0.2, -0.15) is 0 Å². The fourth-order valence-corrected chi connectivity index (χ4v) is 3.06. The van der Waals surface area contributed by atoms with Crippen LogP contribution in [0.25, 0.3) is 0 Å². The molecule has 2 aliphatic rings. The molecular weight excluding hydrogens is 255 g/mol. The van der Waals surface area contributed by atoms with Crippen molar-refractivity contribution in [3.05, 3.63) is 35.9 Å². The molecule has 2 fully saturated rings. The largest absolute Gasteiger partial charge is 0.330 e. The van der Waals surface area contributed by atoms with Gasteiger partial charge in [0.1, 0.15) is 0 Å². The highest BCUT2D eigenvalue weighted by molar-refractivity contribution is 5.85. The van der Waals surface area contributed by atoms with Crippen molar-refractivity contribution in [2.75, 3.05) is 19.6 Å². The first-order chi connectivity index (χ1) is 7.38. The predicted octanol–water partition coefficient (Wildman–Crippen LogP) is 2.17. The van der Waals surface area contributed by atoms with Crippen LogP contribution in [0.2, 0.25) is 0 Å². The van der Waals surface area contributed by atoms with Crippen LogP contribution in [0, 0.1) is 17.8 Å². The molecule has 0 spiro atoms. The lowest BCUT2D eigenvalue weighted by Crippen LogP contribution is -2.25. The Kier molecular flexibility index (Phi) is 5.26. The van der Waals surface area contributed by atoms with E-state index in [1.807, 2.05) is 0 Å².